The molecule has 0 amide bonds. The number of thioether (sulfide) groups is 1. The van der Waals surface area contributed by atoms with E-state index < -0.39 is 0 Å². The SMILES string of the molecule is O=C(OCc1ccncc1)C1=CNc2ncncc2S1. The Labute approximate surface area is 119 Å². The summed E-state index contributed by atoms with van der Waals surface area (Å²) in [5, 5.41) is 2.95. The van der Waals surface area contributed by atoms with Gasteiger partial charge in [0.25, 0.3) is 0 Å². The Morgan fingerprint density at radius 2 is 2.15 bits per heavy atom. The minimum absolute atomic E-state index is 0.220. The Bertz CT molecular complexity index is 660. The van der Waals surface area contributed by atoms with Crippen LogP contribution < -0.4 is 5.32 Å². The van der Waals surface area contributed by atoms with Gasteiger partial charge in [-0.1, -0.05) is 11.8 Å². The van der Waals surface area contributed by atoms with Gasteiger partial charge in [-0.3, -0.25) is 4.98 Å². The minimum atomic E-state index is -0.381. The van der Waals surface area contributed by atoms with Crippen LogP contribution >= 0.6 is 11.8 Å². The summed E-state index contributed by atoms with van der Waals surface area (Å²) in [4.78, 5) is 25.1. The third-order valence-electron chi connectivity index (χ3n) is 2.56. The van der Waals surface area contributed by atoms with Crippen LogP contribution in [0, 0.1) is 0 Å². The van der Waals surface area contributed by atoms with Crippen LogP contribution in [-0.4, -0.2) is 20.9 Å². The first-order valence-electron chi connectivity index (χ1n) is 5.83. The number of nitrogens with one attached hydrogen (secondary N) is 1. The first-order chi connectivity index (χ1) is 9.83. The summed E-state index contributed by atoms with van der Waals surface area (Å²) < 4.78 is 5.25. The van der Waals surface area contributed by atoms with E-state index in [0.717, 1.165) is 10.5 Å². The second kappa shape index (κ2) is 5.70. The lowest BCUT2D eigenvalue weighted by molar-refractivity contribution is -0.139. The van der Waals surface area contributed by atoms with Crippen molar-refractivity contribution in [1.82, 2.24) is 15.0 Å². The normalized spacial score (nSPS) is 12.9. The van der Waals surface area contributed by atoms with Gasteiger partial charge >= 0.3 is 5.97 Å². The number of anilines is 1. The zero-order valence-corrected chi connectivity index (χ0v) is 11.1. The van der Waals surface area contributed by atoms with Crippen molar-refractivity contribution in [3.63, 3.8) is 0 Å². The van der Waals surface area contributed by atoms with Gasteiger partial charge in [-0.05, 0) is 17.7 Å². The van der Waals surface area contributed by atoms with Crippen LogP contribution in [0.2, 0.25) is 0 Å². The van der Waals surface area contributed by atoms with Crippen molar-refractivity contribution in [3.05, 3.63) is 53.7 Å². The molecule has 0 unspecified atom stereocenters. The number of fused-ring (bicyclic) bond motifs is 1. The van der Waals surface area contributed by atoms with Crippen LogP contribution in [0.5, 0.6) is 0 Å². The molecule has 2 aromatic rings. The van der Waals surface area contributed by atoms with Crippen LogP contribution in [0.3, 0.4) is 0 Å². The fourth-order valence-electron chi connectivity index (χ4n) is 1.58. The molecule has 1 N–H and O–H groups in total. The van der Waals surface area contributed by atoms with Gasteiger partial charge in [-0.2, -0.15) is 0 Å². The molecule has 0 bridgehead atoms. The molecule has 0 aromatic carbocycles. The number of hydrogen-bond acceptors (Lipinski definition) is 7. The second-order valence-electron chi connectivity index (χ2n) is 3.92. The molecule has 0 radical (unpaired) electrons. The van der Waals surface area contributed by atoms with E-state index in [1.165, 1.54) is 18.1 Å². The molecule has 0 saturated heterocycles. The second-order valence-corrected chi connectivity index (χ2v) is 5.01. The third kappa shape index (κ3) is 2.77. The van der Waals surface area contributed by atoms with Crippen molar-refractivity contribution in [2.24, 2.45) is 0 Å². The van der Waals surface area contributed by atoms with Crippen molar-refractivity contribution in [2.45, 2.75) is 11.5 Å². The van der Waals surface area contributed by atoms with Gasteiger partial charge in [-0.15, -0.1) is 0 Å². The van der Waals surface area contributed by atoms with Gasteiger partial charge < -0.3 is 10.1 Å². The maximum atomic E-state index is 12.0. The molecule has 1 aliphatic rings. The summed E-state index contributed by atoms with van der Waals surface area (Å²) in [7, 11) is 0. The highest BCUT2D eigenvalue weighted by Crippen LogP contribution is 2.35. The molecule has 0 saturated carbocycles. The molecule has 2 aromatic heterocycles. The molecule has 3 rings (SSSR count). The van der Waals surface area contributed by atoms with Crippen LogP contribution in [0.1, 0.15) is 5.56 Å². The van der Waals surface area contributed by atoms with E-state index in [4.69, 9.17) is 4.74 Å². The predicted octanol–water partition coefficient (Wildman–Crippen LogP) is 1.97. The van der Waals surface area contributed by atoms with E-state index in [1.807, 2.05) is 0 Å². The van der Waals surface area contributed by atoms with Gasteiger partial charge in [0, 0.05) is 24.8 Å². The average Bonchev–Trinajstić information content (AvgIpc) is 2.53. The van der Waals surface area contributed by atoms with Gasteiger partial charge in [-0.25, -0.2) is 14.8 Å². The summed E-state index contributed by atoms with van der Waals surface area (Å²) >= 11 is 1.29. The molecule has 0 aliphatic carbocycles. The van der Waals surface area contributed by atoms with Crippen molar-refractivity contribution in [3.8, 4) is 0 Å². The zero-order valence-electron chi connectivity index (χ0n) is 10.3. The number of esters is 1. The van der Waals surface area contributed by atoms with Crippen LogP contribution in [0.15, 0.2) is 53.1 Å². The molecule has 6 nitrogen and oxygen atoms in total. The van der Waals surface area contributed by atoms with Crippen LogP contribution in [0.25, 0.3) is 0 Å². The van der Waals surface area contributed by atoms with E-state index in [1.54, 1.807) is 36.9 Å². The number of carbonyl (C=O) groups excluding carboxylic acids is 1. The Morgan fingerprint density at radius 3 is 3.00 bits per heavy atom. The number of hydrogen-bond donors (Lipinski definition) is 1. The van der Waals surface area contributed by atoms with Crippen molar-refractivity contribution >= 4 is 23.5 Å². The Balaban J connectivity index is 1.63. The molecule has 7 heteroatoms. The minimum Gasteiger partial charge on any atom is -0.457 e. The first kappa shape index (κ1) is 12.6. The largest absolute Gasteiger partial charge is 0.457 e. The smallest absolute Gasteiger partial charge is 0.346 e. The number of nitrogens with zero attached hydrogens (tertiary/aromatic N) is 3. The number of pyridine rings is 1. The lowest BCUT2D eigenvalue weighted by Crippen LogP contribution is -2.11. The lowest BCUT2D eigenvalue weighted by Gasteiger charge is -2.15. The topological polar surface area (TPSA) is 77.0 Å². The Kier molecular flexibility index (Phi) is 3.60. The monoisotopic (exact) mass is 286 g/mol. The first-order valence-corrected chi connectivity index (χ1v) is 6.65. The molecule has 20 heavy (non-hydrogen) atoms. The highest BCUT2D eigenvalue weighted by atomic mass is 32.2. The van der Waals surface area contributed by atoms with E-state index in [0.29, 0.717) is 10.7 Å². The van der Waals surface area contributed by atoms with E-state index in [2.05, 4.69) is 20.3 Å². The summed E-state index contributed by atoms with van der Waals surface area (Å²) in [5.74, 6) is 0.310. The van der Waals surface area contributed by atoms with Crippen molar-refractivity contribution in [2.75, 3.05) is 5.32 Å². The number of carbonyl (C=O) groups is 1. The van der Waals surface area contributed by atoms with Crippen LogP contribution in [0.4, 0.5) is 5.82 Å². The molecule has 0 atom stereocenters. The maximum Gasteiger partial charge on any atom is 0.346 e. The van der Waals surface area contributed by atoms with Gasteiger partial charge in [0.05, 0.1) is 4.90 Å². The fraction of sp³-hybridized carbons (Fsp3) is 0.0769. The van der Waals surface area contributed by atoms with Crippen molar-refractivity contribution < 1.29 is 9.53 Å². The standard InChI is InChI=1S/C13H10N4O2S/c18-13(19-7-9-1-3-14-4-2-9)11-6-16-12-10(20-11)5-15-8-17-12/h1-6,8H,7H2,(H,15,16,17). The predicted molar refractivity (Wildman–Crippen MR) is 73.6 cm³/mol. The van der Waals surface area contributed by atoms with Gasteiger partial charge in [0.15, 0.2) is 0 Å². The molecular weight excluding hydrogens is 276 g/mol. The fourth-order valence-corrected chi connectivity index (χ4v) is 2.40. The number of rotatable bonds is 3. The summed E-state index contributed by atoms with van der Waals surface area (Å²) in [6.07, 6.45) is 8.02. The highest BCUT2D eigenvalue weighted by molar-refractivity contribution is 8.04. The summed E-state index contributed by atoms with van der Waals surface area (Å²) in [6, 6.07) is 3.61. The molecule has 0 fully saturated rings. The summed E-state index contributed by atoms with van der Waals surface area (Å²) in [5.41, 5.74) is 0.895. The quantitative estimate of drug-likeness (QED) is 0.864. The highest BCUT2D eigenvalue weighted by Gasteiger charge is 2.19. The zero-order chi connectivity index (χ0) is 13.8. The average molecular weight is 286 g/mol. The lowest BCUT2D eigenvalue weighted by atomic mass is 10.3. The molecule has 0 spiro atoms. The van der Waals surface area contributed by atoms with Gasteiger partial charge in [0.1, 0.15) is 23.7 Å². The maximum absolute atomic E-state index is 12.0. The van der Waals surface area contributed by atoms with E-state index in [-0.39, 0.29) is 12.6 Å². The molecule has 3 heterocycles. The van der Waals surface area contributed by atoms with Crippen molar-refractivity contribution in [1.29, 1.82) is 0 Å². The Morgan fingerprint density at radius 1 is 1.30 bits per heavy atom. The molecule has 1 aliphatic heterocycles. The Hall–Kier alpha value is -2.41. The van der Waals surface area contributed by atoms with Crippen LogP contribution in [-0.2, 0) is 16.1 Å². The number of ether oxygens (including phenoxy) is 1. The third-order valence-corrected chi connectivity index (χ3v) is 3.58. The van der Waals surface area contributed by atoms with E-state index in [9.17, 15) is 4.79 Å². The van der Waals surface area contributed by atoms with E-state index >= 15 is 0 Å². The summed E-state index contributed by atoms with van der Waals surface area (Å²) in [6.45, 7) is 0.220. The molecular formula is C13H10N4O2S. The number of aromatic nitrogens is 3. The molecule has 100 valence electrons. The van der Waals surface area contributed by atoms with Gasteiger partial charge in [0.2, 0.25) is 0 Å².